The molecule has 3 heterocycles. The van der Waals surface area contributed by atoms with Crippen molar-refractivity contribution in [3.8, 4) is 16.3 Å². The number of nitrogens with one attached hydrogen (secondary N) is 1. The number of rotatable bonds is 3. The van der Waals surface area contributed by atoms with Gasteiger partial charge in [0.2, 0.25) is 0 Å². The lowest BCUT2D eigenvalue weighted by molar-refractivity contribution is 0.0691. The van der Waals surface area contributed by atoms with E-state index in [4.69, 9.17) is 9.84 Å². The van der Waals surface area contributed by atoms with Crippen LogP contribution < -0.4 is 15.0 Å². The molecule has 0 unspecified atom stereocenters. The zero-order valence-corrected chi connectivity index (χ0v) is 17.0. The number of nitrogens with zero attached hydrogens (tertiary/aromatic N) is 3. The zero-order valence-electron chi connectivity index (χ0n) is 15.4. The molecule has 4 aromatic rings. The fourth-order valence-electron chi connectivity index (χ4n) is 3.15. The van der Waals surface area contributed by atoms with Crippen molar-refractivity contribution in [3.05, 3.63) is 53.5 Å². The van der Waals surface area contributed by atoms with E-state index in [1.807, 2.05) is 24.3 Å². The van der Waals surface area contributed by atoms with Crippen LogP contribution in [0.5, 0.6) is 5.75 Å². The number of anilines is 2. The van der Waals surface area contributed by atoms with Crippen LogP contribution in [0, 0.1) is 0 Å². The molecule has 2 N–H and O–H groups in total. The van der Waals surface area contributed by atoms with Crippen LogP contribution in [0.25, 0.3) is 20.8 Å². The summed E-state index contributed by atoms with van der Waals surface area (Å²) in [5.41, 5.74) is 2.15. The Hall–Kier alpha value is -3.50. The van der Waals surface area contributed by atoms with Gasteiger partial charge in [-0.15, -0.1) is 11.3 Å². The molecular weight excluding hydrogens is 424 g/mol. The number of hydrogen-bond donors (Lipinski definition) is 2. The minimum atomic E-state index is -1.07. The van der Waals surface area contributed by atoms with Crippen LogP contribution in [-0.4, -0.2) is 40.2 Å². The maximum absolute atomic E-state index is 13.0. The SMILES string of the molecule is O=C(O)c1csc(-c2ccc3c(c2)N(C(=O)Nc2nc4ccccc4s2)CCO3)n1. The Kier molecular flexibility index (Phi) is 4.57. The fraction of sp³-hybridized carbons (Fsp3) is 0.100. The van der Waals surface area contributed by atoms with Crippen molar-refractivity contribution in [3.63, 3.8) is 0 Å². The molecule has 2 amide bonds. The van der Waals surface area contributed by atoms with Gasteiger partial charge in [-0.3, -0.25) is 10.2 Å². The van der Waals surface area contributed by atoms with Gasteiger partial charge in [-0.1, -0.05) is 23.5 Å². The number of carboxylic acids is 1. The first-order valence-electron chi connectivity index (χ1n) is 8.98. The molecule has 1 aliphatic heterocycles. The lowest BCUT2D eigenvalue weighted by atomic mass is 10.1. The molecule has 30 heavy (non-hydrogen) atoms. The van der Waals surface area contributed by atoms with Crippen LogP contribution >= 0.6 is 22.7 Å². The van der Waals surface area contributed by atoms with Crippen LogP contribution in [-0.2, 0) is 0 Å². The molecule has 1 aliphatic rings. The maximum atomic E-state index is 13.0. The van der Waals surface area contributed by atoms with Crippen LogP contribution in [0.4, 0.5) is 15.6 Å². The Balaban J connectivity index is 1.44. The van der Waals surface area contributed by atoms with E-state index in [0.29, 0.717) is 34.7 Å². The number of hydrogen-bond acceptors (Lipinski definition) is 7. The number of carboxylic acid groups (broad SMARTS) is 1. The first-order valence-corrected chi connectivity index (χ1v) is 10.7. The van der Waals surface area contributed by atoms with Crippen molar-refractivity contribution in [2.24, 2.45) is 0 Å². The summed E-state index contributed by atoms with van der Waals surface area (Å²) in [6, 6.07) is 12.7. The van der Waals surface area contributed by atoms with Crippen molar-refractivity contribution in [2.75, 3.05) is 23.4 Å². The molecule has 0 saturated heterocycles. The molecule has 2 aromatic carbocycles. The number of carbonyl (C=O) groups excluding carboxylic acids is 1. The molecule has 0 fully saturated rings. The van der Waals surface area contributed by atoms with Gasteiger partial charge in [-0.2, -0.15) is 0 Å². The molecule has 0 atom stereocenters. The van der Waals surface area contributed by atoms with E-state index in [0.717, 1.165) is 15.8 Å². The molecule has 0 saturated carbocycles. The Morgan fingerprint density at radius 2 is 2.03 bits per heavy atom. The number of urea groups is 1. The summed E-state index contributed by atoms with van der Waals surface area (Å²) in [6.07, 6.45) is 0. The third kappa shape index (κ3) is 3.36. The number of amides is 2. The zero-order chi connectivity index (χ0) is 20.7. The van der Waals surface area contributed by atoms with E-state index in [1.165, 1.54) is 28.1 Å². The quantitative estimate of drug-likeness (QED) is 0.486. The summed E-state index contributed by atoms with van der Waals surface area (Å²) in [7, 11) is 0. The standard InChI is InChI=1S/C20H14N4O4S2/c25-18(26)13-10-29-17(21-13)11-5-6-15-14(9-11)24(7-8-28-15)20(27)23-19-22-12-3-1-2-4-16(12)30-19/h1-6,9-10H,7-8H2,(H,25,26)(H,22,23,27). The Morgan fingerprint density at radius 3 is 2.83 bits per heavy atom. The molecular formula is C20H14N4O4S2. The van der Waals surface area contributed by atoms with Gasteiger partial charge in [0.1, 0.15) is 17.4 Å². The summed E-state index contributed by atoms with van der Waals surface area (Å²) in [5.74, 6) is -0.491. The molecule has 0 spiro atoms. The van der Waals surface area contributed by atoms with Gasteiger partial charge in [0.25, 0.3) is 0 Å². The molecule has 10 heteroatoms. The van der Waals surface area contributed by atoms with Crippen molar-refractivity contribution >= 4 is 55.7 Å². The van der Waals surface area contributed by atoms with E-state index in [2.05, 4.69) is 15.3 Å². The fourth-order valence-corrected chi connectivity index (χ4v) is 4.80. The highest BCUT2D eigenvalue weighted by atomic mass is 32.1. The third-order valence-corrected chi connectivity index (χ3v) is 6.39. The molecule has 2 aromatic heterocycles. The van der Waals surface area contributed by atoms with Crippen LogP contribution in [0.15, 0.2) is 47.8 Å². The number of benzene rings is 2. The Bertz CT molecular complexity index is 1250. The Morgan fingerprint density at radius 1 is 1.17 bits per heavy atom. The second-order valence-corrected chi connectivity index (χ2v) is 8.33. The predicted octanol–water partition coefficient (Wildman–Crippen LogP) is 4.55. The Labute approximate surface area is 178 Å². The third-order valence-electron chi connectivity index (χ3n) is 4.55. The monoisotopic (exact) mass is 438 g/mol. The van der Waals surface area contributed by atoms with Crippen LogP contribution in [0.2, 0.25) is 0 Å². The summed E-state index contributed by atoms with van der Waals surface area (Å²) < 4.78 is 6.69. The average molecular weight is 438 g/mol. The minimum absolute atomic E-state index is 0.00518. The lowest BCUT2D eigenvalue weighted by Gasteiger charge is -2.29. The molecule has 0 aliphatic carbocycles. The van der Waals surface area contributed by atoms with Gasteiger partial charge in [0.15, 0.2) is 10.8 Å². The number of thiazole rings is 2. The van der Waals surface area contributed by atoms with Crippen LogP contribution in [0.1, 0.15) is 10.5 Å². The summed E-state index contributed by atoms with van der Waals surface area (Å²) in [6.45, 7) is 0.755. The first-order chi connectivity index (χ1) is 14.6. The van der Waals surface area contributed by atoms with Crippen molar-refractivity contribution < 1.29 is 19.4 Å². The van der Waals surface area contributed by atoms with Gasteiger partial charge < -0.3 is 9.84 Å². The van der Waals surface area contributed by atoms with Crippen molar-refractivity contribution in [1.82, 2.24) is 9.97 Å². The normalized spacial score (nSPS) is 13.0. The van der Waals surface area contributed by atoms with Crippen molar-refractivity contribution in [2.45, 2.75) is 0 Å². The summed E-state index contributed by atoms with van der Waals surface area (Å²) >= 11 is 2.65. The molecule has 5 rings (SSSR count). The van der Waals surface area contributed by atoms with Gasteiger partial charge in [-0.25, -0.2) is 19.6 Å². The number of aromatic carboxylic acids is 1. The highest BCUT2D eigenvalue weighted by molar-refractivity contribution is 7.22. The highest BCUT2D eigenvalue weighted by Gasteiger charge is 2.25. The second-order valence-electron chi connectivity index (χ2n) is 6.44. The van der Waals surface area contributed by atoms with Gasteiger partial charge in [0.05, 0.1) is 22.4 Å². The molecule has 150 valence electrons. The predicted molar refractivity (Wildman–Crippen MR) is 116 cm³/mol. The maximum Gasteiger partial charge on any atom is 0.355 e. The van der Waals surface area contributed by atoms with E-state index in [-0.39, 0.29) is 11.7 Å². The van der Waals surface area contributed by atoms with Crippen molar-refractivity contribution in [1.29, 1.82) is 0 Å². The second kappa shape index (κ2) is 7.39. The van der Waals surface area contributed by atoms with Crippen LogP contribution in [0.3, 0.4) is 0 Å². The minimum Gasteiger partial charge on any atom is -0.490 e. The van der Waals surface area contributed by atoms with Gasteiger partial charge >= 0.3 is 12.0 Å². The number of para-hydroxylation sites is 1. The topological polar surface area (TPSA) is 105 Å². The molecule has 0 radical (unpaired) electrons. The first kappa shape index (κ1) is 18.5. The lowest BCUT2D eigenvalue weighted by Crippen LogP contribution is -2.40. The number of carbonyl (C=O) groups is 2. The number of aromatic nitrogens is 2. The number of fused-ring (bicyclic) bond motifs is 2. The largest absolute Gasteiger partial charge is 0.490 e. The smallest absolute Gasteiger partial charge is 0.355 e. The summed E-state index contributed by atoms with van der Waals surface area (Å²) in [5, 5.41) is 14.5. The molecule has 8 nitrogen and oxygen atoms in total. The van der Waals surface area contributed by atoms with Gasteiger partial charge in [0, 0.05) is 10.9 Å². The average Bonchev–Trinajstić information content (AvgIpc) is 3.40. The summed E-state index contributed by atoms with van der Waals surface area (Å²) in [4.78, 5) is 34.3. The van der Waals surface area contributed by atoms with E-state index in [9.17, 15) is 9.59 Å². The van der Waals surface area contributed by atoms with E-state index >= 15 is 0 Å². The number of ether oxygens (including phenoxy) is 1. The van der Waals surface area contributed by atoms with Gasteiger partial charge in [-0.05, 0) is 30.3 Å². The van der Waals surface area contributed by atoms with E-state index < -0.39 is 5.97 Å². The highest BCUT2D eigenvalue weighted by Crippen LogP contribution is 2.37. The van der Waals surface area contributed by atoms with E-state index in [1.54, 1.807) is 23.1 Å². The molecule has 0 bridgehead atoms.